The molecule has 0 radical (unpaired) electrons. The number of hydrogen-bond donors (Lipinski definition) is 0. The summed E-state index contributed by atoms with van der Waals surface area (Å²) in [7, 11) is 0. The van der Waals surface area contributed by atoms with E-state index in [9.17, 15) is 0 Å². The van der Waals surface area contributed by atoms with Crippen molar-refractivity contribution >= 4 is 38.9 Å². The van der Waals surface area contributed by atoms with Gasteiger partial charge in [0.05, 0.1) is 0 Å². The van der Waals surface area contributed by atoms with Crippen LogP contribution in [0.1, 0.15) is 4.88 Å². The van der Waals surface area contributed by atoms with E-state index >= 15 is 0 Å². The topological polar surface area (TPSA) is 48.8 Å². The van der Waals surface area contributed by atoms with E-state index in [2.05, 4.69) is 26.0 Å². The van der Waals surface area contributed by atoms with Crippen LogP contribution in [0, 0.1) is 0 Å². The van der Waals surface area contributed by atoms with E-state index in [1.165, 1.54) is 11.3 Å². The van der Waals surface area contributed by atoms with Gasteiger partial charge in [-0.05, 0) is 33.9 Å². The summed E-state index contributed by atoms with van der Waals surface area (Å²) in [5.74, 6) is 0. The molecular formula is C6H5BrClN3S. The van der Waals surface area contributed by atoms with Crippen molar-refractivity contribution in [1.29, 1.82) is 0 Å². The van der Waals surface area contributed by atoms with Gasteiger partial charge in [0.1, 0.15) is 4.34 Å². The Balaban J connectivity index is 2.58. The lowest BCUT2D eigenvalue weighted by atomic mass is 10.3. The van der Waals surface area contributed by atoms with Crippen LogP contribution in [0.15, 0.2) is 15.7 Å². The molecular weight excluding hydrogens is 262 g/mol. The molecule has 1 heterocycles. The summed E-state index contributed by atoms with van der Waals surface area (Å²) in [6.07, 6.45) is 0.750. The molecule has 3 nitrogen and oxygen atoms in total. The van der Waals surface area contributed by atoms with Gasteiger partial charge in [-0.2, -0.15) is 0 Å². The lowest BCUT2D eigenvalue weighted by Crippen LogP contribution is -1.82. The SMILES string of the molecule is [N-]=[N+]=NCCc1cc(Br)c(Cl)s1. The minimum absolute atomic E-state index is 0.486. The van der Waals surface area contributed by atoms with Crippen LogP contribution in [-0.4, -0.2) is 6.54 Å². The van der Waals surface area contributed by atoms with Crippen molar-refractivity contribution in [2.75, 3.05) is 6.54 Å². The lowest BCUT2D eigenvalue weighted by Gasteiger charge is -1.86. The molecule has 6 heteroatoms. The van der Waals surface area contributed by atoms with Crippen molar-refractivity contribution in [3.63, 3.8) is 0 Å². The molecule has 0 bridgehead atoms. The van der Waals surface area contributed by atoms with Crippen LogP contribution in [0.3, 0.4) is 0 Å². The second kappa shape index (κ2) is 4.72. The molecule has 0 aromatic carbocycles. The van der Waals surface area contributed by atoms with E-state index in [1.807, 2.05) is 6.07 Å². The van der Waals surface area contributed by atoms with Gasteiger partial charge in [-0.1, -0.05) is 16.7 Å². The quantitative estimate of drug-likeness (QED) is 0.451. The van der Waals surface area contributed by atoms with Crippen LogP contribution >= 0.6 is 38.9 Å². The predicted molar refractivity (Wildman–Crippen MR) is 54.7 cm³/mol. The molecule has 0 saturated carbocycles. The van der Waals surface area contributed by atoms with E-state index in [4.69, 9.17) is 17.1 Å². The first-order chi connectivity index (χ1) is 5.74. The third-order valence-corrected chi connectivity index (χ3v) is 3.75. The number of hydrogen-bond acceptors (Lipinski definition) is 2. The Morgan fingerprint density at radius 2 is 2.50 bits per heavy atom. The molecule has 0 saturated heterocycles. The molecule has 1 aromatic rings. The van der Waals surface area contributed by atoms with E-state index in [0.29, 0.717) is 6.54 Å². The molecule has 0 aliphatic rings. The van der Waals surface area contributed by atoms with Gasteiger partial charge in [0.25, 0.3) is 0 Å². The first kappa shape index (κ1) is 9.86. The minimum atomic E-state index is 0.486. The molecule has 0 aliphatic carbocycles. The van der Waals surface area contributed by atoms with Crippen molar-refractivity contribution in [1.82, 2.24) is 0 Å². The number of azide groups is 1. The number of thiophene rings is 1. The molecule has 0 unspecified atom stereocenters. The van der Waals surface area contributed by atoms with Gasteiger partial charge in [-0.25, -0.2) is 0 Å². The molecule has 64 valence electrons. The highest BCUT2D eigenvalue weighted by Gasteiger charge is 2.02. The smallest absolute Gasteiger partial charge is 0.107 e. The summed E-state index contributed by atoms with van der Waals surface area (Å²) in [4.78, 5) is 3.79. The molecule has 1 rings (SSSR count). The van der Waals surface area contributed by atoms with Gasteiger partial charge in [0.15, 0.2) is 0 Å². The average molecular weight is 267 g/mol. The summed E-state index contributed by atoms with van der Waals surface area (Å²) in [5.41, 5.74) is 8.03. The van der Waals surface area contributed by atoms with Crippen molar-refractivity contribution in [2.24, 2.45) is 5.11 Å². The summed E-state index contributed by atoms with van der Waals surface area (Å²) >= 11 is 10.6. The summed E-state index contributed by atoms with van der Waals surface area (Å²) in [5, 5.41) is 3.43. The number of nitrogens with zero attached hydrogens (tertiary/aromatic N) is 3. The Labute approximate surface area is 87.1 Å². The highest BCUT2D eigenvalue weighted by Crippen LogP contribution is 2.32. The number of rotatable bonds is 3. The molecule has 0 spiro atoms. The van der Waals surface area contributed by atoms with Gasteiger partial charge >= 0.3 is 0 Å². The zero-order valence-corrected chi connectivity index (χ0v) is 9.16. The maximum Gasteiger partial charge on any atom is 0.107 e. The third kappa shape index (κ3) is 2.68. The fourth-order valence-electron chi connectivity index (χ4n) is 0.720. The Kier molecular flexibility index (Phi) is 3.88. The van der Waals surface area contributed by atoms with Crippen LogP contribution in [-0.2, 0) is 6.42 Å². The third-order valence-electron chi connectivity index (χ3n) is 1.22. The highest BCUT2D eigenvalue weighted by atomic mass is 79.9. The molecule has 0 atom stereocenters. The Bertz CT molecular complexity index is 299. The van der Waals surface area contributed by atoms with E-state index < -0.39 is 0 Å². The minimum Gasteiger partial charge on any atom is -0.127 e. The summed E-state index contributed by atoms with van der Waals surface area (Å²) in [6.45, 7) is 0.486. The Hall–Kier alpha value is -0.220. The molecule has 0 fully saturated rings. The van der Waals surface area contributed by atoms with Gasteiger partial charge in [0, 0.05) is 20.8 Å². The standard InChI is InChI=1S/C6H5BrClN3S/c7-5-3-4(12-6(5)8)1-2-10-11-9/h3H,1-2H2. The molecule has 1 aromatic heterocycles. The molecule has 12 heavy (non-hydrogen) atoms. The van der Waals surface area contributed by atoms with Crippen molar-refractivity contribution < 1.29 is 0 Å². The van der Waals surface area contributed by atoms with Crippen LogP contribution in [0.5, 0.6) is 0 Å². The first-order valence-electron chi connectivity index (χ1n) is 3.18. The largest absolute Gasteiger partial charge is 0.127 e. The zero-order chi connectivity index (χ0) is 8.97. The molecule has 0 amide bonds. The Morgan fingerprint density at radius 1 is 1.75 bits per heavy atom. The maximum atomic E-state index is 8.03. The van der Waals surface area contributed by atoms with Gasteiger partial charge in [-0.3, -0.25) is 0 Å². The van der Waals surface area contributed by atoms with Crippen molar-refractivity contribution in [2.45, 2.75) is 6.42 Å². The fourth-order valence-corrected chi connectivity index (χ4v) is 2.50. The number of halogens is 2. The second-order valence-electron chi connectivity index (χ2n) is 2.04. The van der Waals surface area contributed by atoms with E-state index in [1.54, 1.807) is 0 Å². The fraction of sp³-hybridized carbons (Fsp3) is 0.333. The first-order valence-corrected chi connectivity index (χ1v) is 5.17. The molecule has 0 N–H and O–H groups in total. The van der Waals surface area contributed by atoms with E-state index in [0.717, 1.165) is 20.1 Å². The lowest BCUT2D eigenvalue weighted by molar-refractivity contribution is 0.974. The van der Waals surface area contributed by atoms with Crippen LogP contribution in [0.4, 0.5) is 0 Å². The van der Waals surface area contributed by atoms with Crippen LogP contribution in [0.25, 0.3) is 10.4 Å². The van der Waals surface area contributed by atoms with Gasteiger partial charge < -0.3 is 0 Å². The van der Waals surface area contributed by atoms with E-state index in [-0.39, 0.29) is 0 Å². The second-order valence-corrected chi connectivity index (χ2v) is 4.63. The average Bonchev–Trinajstić information content (AvgIpc) is 2.32. The highest BCUT2D eigenvalue weighted by molar-refractivity contribution is 9.10. The summed E-state index contributed by atoms with van der Waals surface area (Å²) in [6, 6.07) is 1.94. The normalized spacial score (nSPS) is 9.50. The van der Waals surface area contributed by atoms with Crippen molar-refractivity contribution in [3.05, 3.63) is 30.2 Å². The zero-order valence-electron chi connectivity index (χ0n) is 6.00. The van der Waals surface area contributed by atoms with Gasteiger partial charge in [0.2, 0.25) is 0 Å². The van der Waals surface area contributed by atoms with Crippen LogP contribution < -0.4 is 0 Å². The Morgan fingerprint density at radius 3 is 3.00 bits per heavy atom. The molecule has 0 aliphatic heterocycles. The van der Waals surface area contributed by atoms with Crippen LogP contribution in [0.2, 0.25) is 4.34 Å². The monoisotopic (exact) mass is 265 g/mol. The maximum absolute atomic E-state index is 8.03. The predicted octanol–water partition coefficient (Wildman–Crippen LogP) is 4.02. The summed E-state index contributed by atoms with van der Waals surface area (Å²) < 4.78 is 1.65. The van der Waals surface area contributed by atoms with Gasteiger partial charge in [-0.15, -0.1) is 11.3 Å². The van der Waals surface area contributed by atoms with Crippen molar-refractivity contribution in [3.8, 4) is 0 Å².